The highest BCUT2D eigenvalue weighted by atomic mass is 16.3. The van der Waals surface area contributed by atoms with Crippen molar-refractivity contribution >= 4 is 0 Å². The topological polar surface area (TPSA) is 23.5 Å². The van der Waals surface area contributed by atoms with Crippen molar-refractivity contribution in [3.63, 3.8) is 0 Å². The lowest BCUT2D eigenvalue weighted by atomic mass is 9.94. The van der Waals surface area contributed by atoms with Crippen LogP contribution in [0.15, 0.2) is 24.3 Å². The lowest BCUT2D eigenvalue weighted by Gasteiger charge is -2.32. The van der Waals surface area contributed by atoms with E-state index < -0.39 is 0 Å². The molecule has 0 aromatic heterocycles. The summed E-state index contributed by atoms with van der Waals surface area (Å²) in [5.74, 6) is 0.928. The highest BCUT2D eigenvalue weighted by Crippen LogP contribution is 2.23. The first kappa shape index (κ1) is 14.5. The van der Waals surface area contributed by atoms with E-state index in [1.165, 1.54) is 37.9 Å². The van der Waals surface area contributed by atoms with Gasteiger partial charge < -0.3 is 10.0 Å². The maximum Gasteiger partial charge on any atom is 0.0804 e. The Labute approximate surface area is 117 Å². The van der Waals surface area contributed by atoms with E-state index in [1.54, 1.807) is 0 Å². The zero-order chi connectivity index (χ0) is 13.7. The van der Waals surface area contributed by atoms with Crippen LogP contribution < -0.4 is 0 Å². The van der Waals surface area contributed by atoms with Crippen molar-refractivity contribution in [1.29, 1.82) is 0 Å². The van der Waals surface area contributed by atoms with E-state index in [2.05, 4.69) is 24.8 Å². The van der Waals surface area contributed by atoms with Crippen LogP contribution in [0, 0.1) is 12.8 Å². The highest BCUT2D eigenvalue weighted by Gasteiger charge is 2.18. The summed E-state index contributed by atoms with van der Waals surface area (Å²) in [4.78, 5) is 2.51. The SMILES string of the molecule is CCC1CCN(CCC(O)c2ccccc2C)CC1. The molecule has 0 amide bonds. The summed E-state index contributed by atoms with van der Waals surface area (Å²) in [5, 5.41) is 10.3. The van der Waals surface area contributed by atoms with Crippen LogP contribution >= 0.6 is 0 Å². The van der Waals surface area contributed by atoms with Gasteiger partial charge in [-0.2, -0.15) is 0 Å². The van der Waals surface area contributed by atoms with E-state index in [-0.39, 0.29) is 6.10 Å². The van der Waals surface area contributed by atoms with E-state index in [0.717, 1.165) is 24.4 Å². The number of aliphatic hydroxyl groups excluding tert-OH is 1. The molecule has 2 heteroatoms. The molecule has 2 nitrogen and oxygen atoms in total. The van der Waals surface area contributed by atoms with E-state index in [9.17, 15) is 5.11 Å². The van der Waals surface area contributed by atoms with Gasteiger partial charge in [0, 0.05) is 6.54 Å². The number of rotatable bonds is 5. The van der Waals surface area contributed by atoms with Gasteiger partial charge in [-0.15, -0.1) is 0 Å². The molecule has 0 bridgehead atoms. The molecule has 1 aromatic rings. The Hall–Kier alpha value is -0.860. The fourth-order valence-electron chi connectivity index (χ4n) is 3.04. The summed E-state index contributed by atoms with van der Waals surface area (Å²) in [7, 11) is 0. The molecule has 1 fully saturated rings. The molecular weight excluding hydrogens is 234 g/mol. The van der Waals surface area contributed by atoms with Crippen LogP contribution in [0.5, 0.6) is 0 Å². The minimum absolute atomic E-state index is 0.315. The molecule has 1 aliphatic heterocycles. The van der Waals surface area contributed by atoms with Crippen molar-refractivity contribution in [2.45, 2.75) is 45.6 Å². The molecule has 0 saturated carbocycles. The zero-order valence-electron chi connectivity index (χ0n) is 12.3. The van der Waals surface area contributed by atoms with Crippen LogP contribution in [0.25, 0.3) is 0 Å². The Kier molecular flexibility index (Phi) is 5.41. The first-order valence-electron chi connectivity index (χ1n) is 7.66. The number of aliphatic hydroxyl groups is 1. The lowest BCUT2D eigenvalue weighted by Crippen LogP contribution is -2.34. The smallest absolute Gasteiger partial charge is 0.0804 e. The van der Waals surface area contributed by atoms with Gasteiger partial charge in [-0.3, -0.25) is 0 Å². The van der Waals surface area contributed by atoms with E-state index >= 15 is 0 Å². The second-order valence-electron chi connectivity index (χ2n) is 5.85. The molecule has 1 aliphatic rings. The molecule has 0 radical (unpaired) electrons. The molecule has 0 aliphatic carbocycles. The van der Waals surface area contributed by atoms with Crippen LogP contribution in [-0.4, -0.2) is 29.6 Å². The average Bonchev–Trinajstić information content (AvgIpc) is 2.46. The van der Waals surface area contributed by atoms with Crippen molar-refractivity contribution in [3.8, 4) is 0 Å². The summed E-state index contributed by atoms with van der Waals surface area (Å²) in [5.41, 5.74) is 2.28. The number of benzene rings is 1. The highest BCUT2D eigenvalue weighted by molar-refractivity contribution is 5.27. The predicted octanol–water partition coefficient (Wildman–Crippen LogP) is 3.54. The fraction of sp³-hybridized carbons (Fsp3) is 0.647. The molecular formula is C17H27NO. The minimum Gasteiger partial charge on any atom is -0.388 e. The largest absolute Gasteiger partial charge is 0.388 e. The van der Waals surface area contributed by atoms with Crippen molar-refractivity contribution < 1.29 is 5.11 Å². The van der Waals surface area contributed by atoms with E-state index in [0.29, 0.717) is 0 Å². The van der Waals surface area contributed by atoms with Crippen molar-refractivity contribution in [1.82, 2.24) is 4.90 Å². The molecule has 1 unspecified atom stereocenters. The van der Waals surface area contributed by atoms with E-state index in [1.807, 2.05) is 18.2 Å². The van der Waals surface area contributed by atoms with Gasteiger partial charge in [-0.1, -0.05) is 37.6 Å². The molecule has 1 saturated heterocycles. The molecule has 1 aromatic carbocycles. The van der Waals surface area contributed by atoms with Gasteiger partial charge in [-0.25, -0.2) is 0 Å². The van der Waals surface area contributed by atoms with Crippen LogP contribution in [0.4, 0.5) is 0 Å². The Morgan fingerprint density at radius 3 is 2.58 bits per heavy atom. The quantitative estimate of drug-likeness (QED) is 0.876. The Morgan fingerprint density at radius 2 is 1.95 bits per heavy atom. The Balaban J connectivity index is 1.78. The summed E-state index contributed by atoms with van der Waals surface area (Å²) in [6.45, 7) is 7.80. The number of hydrogen-bond donors (Lipinski definition) is 1. The van der Waals surface area contributed by atoms with Crippen molar-refractivity contribution in [3.05, 3.63) is 35.4 Å². The fourth-order valence-corrected chi connectivity index (χ4v) is 3.04. The Bertz CT molecular complexity index is 383. The van der Waals surface area contributed by atoms with Crippen molar-refractivity contribution in [2.75, 3.05) is 19.6 Å². The average molecular weight is 261 g/mol. The zero-order valence-corrected chi connectivity index (χ0v) is 12.3. The minimum atomic E-state index is -0.315. The third-order valence-electron chi connectivity index (χ3n) is 4.55. The maximum absolute atomic E-state index is 10.3. The molecule has 1 N–H and O–H groups in total. The summed E-state index contributed by atoms with van der Waals surface area (Å²) in [6, 6.07) is 8.16. The first-order chi connectivity index (χ1) is 9.20. The summed E-state index contributed by atoms with van der Waals surface area (Å²) < 4.78 is 0. The van der Waals surface area contributed by atoms with Gasteiger partial charge in [0.25, 0.3) is 0 Å². The van der Waals surface area contributed by atoms with Gasteiger partial charge >= 0.3 is 0 Å². The van der Waals surface area contributed by atoms with Crippen LogP contribution in [-0.2, 0) is 0 Å². The monoisotopic (exact) mass is 261 g/mol. The van der Waals surface area contributed by atoms with Crippen LogP contribution in [0.3, 0.4) is 0 Å². The van der Waals surface area contributed by atoms with Gasteiger partial charge in [-0.05, 0) is 56.3 Å². The standard InChI is InChI=1S/C17H27NO/c1-3-15-8-11-18(12-9-15)13-10-17(19)16-7-5-4-6-14(16)2/h4-7,15,17,19H,3,8-13H2,1-2H3. The molecule has 106 valence electrons. The van der Waals surface area contributed by atoms with Crippen molar-refractivity contribution in [2.24, 2.45) is 5.92 Å². The molecule has 0 spiro atoms. The van der Waals surface area contributed by atoms with E-state index in [4.69, 9.17) is 0 Å². The maximum atomic E-state index is 10.3. The first-order valence-corrected chi connectivity index (χ1v) is 7.66. The predicted molar refractivity (Wildman–Crippen MR) is 80.2 cm³/mol. The second-order valence-corrected chi connectivity index (χ2v) is 5.85. The van der Waals surface area contributed by atoms with Crippen LogP contribution in [0.1, 0.15) is 49.8 Å². The summed E-state index contributed by atoms with van der Waals surface area (Å²) >= 11 is 0. The molecule has 19 heavy (non-hydrogen) atoms. The third-order valence-corrected chi connectivity index (χ3v) is 4.55. The second kappa shape index (κ2) is 7.06. The number of hydrogen-bond acceptors (Lipinski definition) is 2. The number of nitrogens with zero attached hydrogens (tertiary/aromatic N) is 1. The van der Waals surface area contributed by atoms with Gasteiger partial charge in [0.2, 0.25) is 0 Å². The van der Waals surface area contributed by atoms with Gasteiger partial charge in [0.05, 0.1) is 6.10 Å². The number of piperidine rings is 1. The van der Waals surface area contributed by atoms with Crippen LogP contribution in [0.2, 0.25) is 0 Å². The third kappa shape index (κ3) is 4.05. The lowest BCUT2D eigenvalue weighted by molar-refractivity contribution is 0.122. The normalized spacial score (nSPS) is 19.5. The van der Waals surface area contributed by atoms with Gasteiger partial charge in [0.1, 0.15) is 0 Å². The van der Waals surface area contributed by atoms with Gasteiger partial charge in [0.15, 0.2) is 0 Å². The molecule has 2 rings (SSSR count). The molecule has 1 heterocycles. The number of aryl methyl sites for hydroxylation is 1. The Morgan fingerprint density at radius 1 is 1.26 bits per heavy atom. The molecule has 1 atom stereocenters. The number of likely N-dealkylation sites (tertiary alicyclic amines) is 1. The summed E-state index contributed by atoms with van der Waals surface area (Å²) in [6.07, 6.45) is 4.51.